The highest BCUT2D eigenvalue weighted by atomic mass is 35.5. The summed E-state index contributed by atoms with van der Waals surface area (Å²) in [6.07, 6.45) is -1.14. The first kappa shape index (κ1) is 19.4. The smallest absolute Gasteiger partial charge is 0.417 e. The van der Waals surface area contributed by atoms with Crippen molar-refractivity contribution in [3.05, 3.63) is 53.3 Å². The van der Waals surface area contributed by atoms with Crippen molar-refractivity contribution in [2.45, 2.75) is 31.2 Å². The van der Waals surface area contributed by atoms with E-state index in [-0.39, 0.29) is 24.1 Å². The number of halogens is 4. The lowest BCUT2D eigenvalue weighted by Crippen LogP contribution is -2.50. The summed E-state index contributed by atoms with van der Waals surface area (Å²) in [6.45, 7) is 0. The largest absolute Gasteiger partial charge is 0.474 e. The fourth-order valence-corrected chi connectivity index (χ4v) is 3.28. The first-order valence-electron chi connectivity index (χ1n) is 8.82. The summed E-state index contributed by atoms with van der Waals surface area (Å²) in [5.41, 5.74) is 0.639. The maximum Gasteiger partial charge on any atom is 0.417 e. The molecule has 6 nitrogen and oxygen atoms in total. The molecule has 3 N–H and O–H groups in total. The van der Waals surface area contributed by atoms with Crippen molar-refractivity contribution in [3.63, 3.8) is 0 Å². The predicted molar refractivity (Wildman–Crippen MR) is 102 cm³/mol. The third-order valence-electron chi connectivity index (χ3n) is 4.67. The van der Waals surface area contributed by atoms with E-state index in [1.54, 1.807) is 18.3 Å². The molecule has 2 aromatic heterocycles. The Kier molecular flexibility index (Phi) is 4.99. The summed E-state index contributed by atoms with van der Waals surface area (Å²) in [7, 11) is 0. The monoisotopic (exact) mass is 424 g/mol. The van der Waals surface area contributed by atoms with Crippen molar-refractivity contribution >= 4 is 34.2 Å². The zero-order chi connectivity index (χ0) is 20.6. The minimum Gasteiger partial charge on any atom is -0.474 e. The summed E-state index contributed by atoms with van der Waals surface area (Å²) < 4.78 is 43.2. The molecule has 1 aliphatic carbocycles. The quantitative estimate of drug-likeness (QED) is 0.553. The molecule has 0 unspecified atom stereocenters. The Labute approximate surface area is 168 Å². The lowest BCUT2D eigenvalue weighted by molar-refractivity contribution is -0.137. The van der Waals surface area contributed by atoms with Crippen LogP contribution in [-0.4, -0.2) is 28.1 Å². The van der Waals surface area contributed by atoms with Crippen LogP contribution in [0, 0.1) is 0 Å². The van der Waals surface area contributed by atoms with Gasteiger partial charge in [0.25, 0.3) is 0 Å². The molecule has 1 fully saturated rings. The number of urea groups is 1. The van der Waals surface area contributed by atoms with E-state index < -0.39 is 11.7 Å². The number of H-pyrrole nitrogens is 1. The highest BCUT2D eigenvalue weighted by molar-refractivity contribution is 6.31. The van der Waals surface area contributed by atoms with Gasteiger partial charge in [-0.1, -0.05) is 11.6 Å². The summed E-state index contributed by atoms with van der Waals surface area (Å²) >= 11 is 6.00. The molecule has 0 aliphatic heterocycles. The lowest BCUT2D eigenvalue weighted by atomic mass is 9.89. The van der Waals surface area contributed by atoms with Gasteiger partial charge in [-0.3, -0.25) is 0 Å². The zero-order valence-electron chi connectivity index (χ0n) is 14.9. The lowest BCUT2D eigenvalue weighted by Gasteiger charge is -2.35. The summed E-state index contributed by atoms with van der Waals surface area (Å²) in [4.78, 5) is 18.9. The summed E-state index contributed by atoms with van der Waals surface area (Å²) in [5, 5.41) is 6.98. The predicted octanol–water partition coefficient (Wildman–Crippen LogP) is 4.97. The second kappa shape index (κ2) is 7.47. The molecule has 1 aromatic carbocycles. The molecule has 152 valence electrons. The Balaban J connectivity index is 1.26. The van der Waals surface area contributed by atoms with Gasteiger partial charge in [0.2, 0.25) is 5.88 Å². The number of aromatic nitrogens is 2. The number of aromatic amines is 1. The van der Waals surface area contributed by atoms with Crippen molar-refractivity contribution in [1.29, 1.82) is 0 Å². The number of hydrogen-bond donors (Lipinski definition) is 3. The number of alkyl halides is 3. The minimum absolute atomic E-state index is 0.0942. The number of amides is 2. The fourth-order valence-electron chi connectivity index (χ4n) is 3.11. The standard InChI is InChI=1S/C19H16ClF3N4O2/c20-11-2-3-15-14(5-11)16(9-24-15)27-18(28)26-12-6-13(7-12)29-17-4-1-10(8-25-17)19(21,22)23/h1-5,8-9,12-13,24H,6-7H2,(H2,26,27,28)/t12-,13-. The van der Waals surface area contributed by atoms with Gasteiger partial charge in [-0.05, 0) is 24.3 Å². The molecule has 0 radical (unpaired) electrons. The minimum atomic E-state index is -4.43. The van der Waals surface area contributed by atoms with Gasteiger partial charge >= 0.3 is 12.2 Å². The van der Waals surface area contributed by atoms with Crippen LogP contribution < -0.4 is 15.4 Å². The zero-order valence-corrected chi connectivity index (χ0v) is 15.6. The molecular weight excluding hydrogens is 409 g/mol. The maximum atomic E-state index is 12.5. The molecule has 2 amide bonds. The van der Waals surface area contributed by atoms with Crippen molar-refractivity contribution in [3.8, 4) is 5.88 Å². The molecule has 3 aromatic rings. The van der Waals surface area contributed by atoms with Crippen molar-refractivity contribution in [1.82, 2.24) is 15.3 Å². The molecule has 0 saturated heterocycles. The molecule has 0 atom stereocenters. The molecule has 1 saturated carbocycles. The number of benzene rings is 1. The third kappa shape index (κ3) is 4.40. The second-order valence-corrected chi connectivity index (χ2v) is 7.22. The van der Waals surface area contributed by atoms with Gasteiger partial charge < -0.3 is 20.4 Å². The number of anilines is 1. The van der Waals surface area contributed by atoms with Crippen molar-refractivity contribution in [2.75, 3.05) is 5.32 Å². The SMILES string of the molecule is O=C(Nc1c[nH]c2ccc(Cl)cc12)N[C@H]1C[C@H](Oc2ccc(C(F)(F)F)cn2)C1. The van der Waals surface area contributed by atoms with Crippen LogP contribution in [0.4, 0.5) is 23.7 Å². The topological polar surface area (TPSA) is 79.0 Å². The van der Waals surface area contributed by atoms with Crippen molar-refractivity contribution < 1.29 is 22.7 Å². The first-order chi connectivity index (χ1) is 13.8. The normalized spacial score (nSPS) is 18.9. The van der Waals surface area contributed by atoms with Gasteiger partial charge in [-0.25, -0.2) is 9.78 Å². The third-order valence-corrected chi connectivity index (χ3v) is 4.91. The van der Waals surface area contributed by atoms with Crippen LogP contribution in [0.15, 0.2) is 42.7 Å². The van der Waals surface area contributed by atoms with Crippen LogP contribution in [0.3, 0.4) is 0 Å². The molecule has 29 heavy (non-hydrogen) atoms. The van der Waals surface area contributed by atoms with Crippen LogP contribution in [0.25, 0.3) is 10.9 Å². The highest BCUT2D eigenvalue weighted by Crippen LogP contribution is 2.31. The molecule has 2 heterocycles. The van der Waals surface area contributed by atoms with E-state index in [9.17, 15) is 18.0 Å². The number of fused-ring (bicyclic) bond motifs is 1. The van der Waals surface area contributed by atoms with Gasteiger partial charge in [-0.15, -0.1) is 0 Å². The van der Waals surface area contributed by atoms with Crippen LogP contribution >= 0.6 is 11.6 Å². The van der Waals surface area contributed by atoms with E-state index >= 15 is 0 Å². The molecular formula is C19H16ClF3N4O2. The molecule has 1 aliphatic rings. The Bertz CT molecular complexity index is 1030. The second-order valence-electron chi connectivity index (χ2n) is 6.78. The number of carbonyl (C=O) groups excluding carboxylic acids is 1. The Morgan fingerprint density at radius 2 is 2.03 bits per heavy atom. The summed E-state index contributed by atoms with van der Waals surface area (Å²) in [6, 6.07) is 7.00. The number of rotatable bonds is 4. The van der Waals surface area contributed by atoms with Gasteiger partial charge in [-0.2, -0.15) is 13.2 Å². The molecule has 0 bridgehead atoms. The van der Waals surface area contributed by atoms with E-state index in [0.29, 0.717) is 23.6 Å². The maximum absolute atomic E-state index is 12.5. The van der Waals surface area contributed by atoms with E-state index in [2.05, 4.69) is 20.6 Å². The van der Waals surface area contributed by atoms with Crippen LogP contribution in [0.5, 0.6) is 5.88 Å². The Morgan fingerprint density at radius 1 is 1.24 bits per heavy atom. The fraction of sp³-hybridized carbons (Fsp3) is 0.263. The number of ether oxygens (including phenoxy) is 1. The number of hydrogen-bond acceptors (Lipinski definition) is 3. The molecule has 10 heteroatoms. The Morgan fingerprint density at radius 3 is 2.72 bits per heavy atom. The molecule has 0 spiro atoms. The van der Waals surface area contributed by atoms with Crippen LogP contribution in [0.2, 0.25) is 5.02 Å². The number of carbonyl (C=O) groups is 1. The number of nitrogens with one attached hydrogen (secondary N) is 3. The first-order valence-corrected chi connectivity index (χ1v) is 9.20. The van der Waals surface area contributed by atoms with Crippen molar-refractivity contribution in [2.24, 2.45) is 0 Å². The molecule has 4 rings (SSSR count). The highest BCUT2D eigenvalue weighted by Gasteiger charge is 2.33. The average molecular weight is 425 g/mol. The van der Waals surface area contributed by atoms with E-state index in [1.165, 1.54) is 6.07 Å². The Hall–Kier alpha value is -2.94. The average Bonchev–Trinajstić information content (AvgIpc) is 3.01. The number of pyridine rings is 1. The van der Waals surface area contributed by atoms with E-state index in [4.69, 9.17) is 16.3 Å². The van der Waals surface area contributed by atoms with Crippen LogP contribution in [-0.2, 0) is 6.18 Å². The van der Waals surface area contributed by atoms with E-state index in [1.807, 2.05) is 6.07 Å². The van der Waals surface area contributed by atoms with Gasteiger partial charge in [0.1, 0.15) is 6.10 Å². The van der Waals surface area contributed by atoms with Gasteiger partial charge in [0, 0.05) is 53.3 Å². The number of nitrogens with zero attached hydrogens (tertiary/aromatic N) is 1. The van der Waals surface area contributed by atoms with E-state index in [0.717, 1.165) is 23.2 Å². The van der Waals surface area contributed by atoms with Gasteiger partial charge in [0.05, 0.1) is 11.3 Å². The van der Waals surface area contributed by atoms with Crippen LogP contribution in [0.1, 0.15) is 18.4 Å². The van der Waals surface area contributed by atoms with Gasteiger partial charge in [0.15, 0.2) is 0 Å². The summed E-state index contributed by atoms with van der Waals surface area (Å²) in [5.74, 6) is 0.126.